The van der Waals surface area contributed by atoms with E-state index in [4.69, 9.17) is 4.74 Å². The molecule has 0 saturated carbocycles. The summed E-state index contributed by atoms with van der Waals surface area (Å²) in [6.45, 7) is 3.98. The van der Waals surface area contributed by atoms with E-state index in [1.807, 2.05) is 30.3 Å². The number of fused-ring (bicyclic) bond motifs is 1. The van der Waals surface area contributed by atoms with E-state index in [1.54, 1.807) is 29.1 Å². The van der Waals surface area contributed by atoms with Crippen molar-refractivity contribution in [1.82, 2.24) is 25.0 Å². The number of amides is 2. The van der Waals surface area contributed by atoms with Crippen molar-refractivity contribution in [2.75, 3.05) is 32.8 Å². The SMILES string of the molecule is CCOC(=O)N1CCN(C(=O)c2cc(-c3cn[nH]c3)nc3ccccc23)CC1. The highest BCUT2D eigenvalue weighted by atomic mass is 16.6. The number of nitrogens with zero attached hydrogens (tertiary/aromatic N) is 4. The summed E-state index contributed by atoms with van der Waals surface area (Å²) in [6, 6.07) is 9.42. The summed E-state index contributed by atoms with van der Waals surface area (Å²) >= 11 is 0. The van der Waals surface area contributed by atoms with Crippen LogP contribution in [0.3, 0.4) is 0 Å². The molecule has 1 aliphatic rings. The molecule has 0 atom stereocenters. The Balaban J connectivity index is 1.62. The van der Waals surface area contributed by atoms with Crippen molar-refractivity contribution >= 4 is 22.9 Å². The van der Waals surface area contributed by atoms with E-state index in [9.17, 15) is 9.59 Å². The maximum atomic E-state index is 13.3. The molecule has 3 heterocycles. The molecule has 2 amide bonds. The monoisotopic (exact) mass is 379 g/mol. The number of hydrogen-bond acceptors (Lipinski definition) is 5. The van der Waals surface area contributed by atoms with E-state index >= 15 is 0 Å². The van der Waals surface area contributed by atoms with E-state index < -0.39 is 0 Å². The number of aromatic nitrogens is 3. The number of carbonyl (C=O) groups is 2. The summed E-state index contributed by atoms with van der Waals surface area (Å²) in [5.74, 6) is -0.0631. The van der Waals surface area contributed by atoms with Crippen molar-refractivity contribution in [2.45, 2.75) is 6.92 Å². The minimum Gasteiger partial charge on any atom is -0.450 e. The van der Waals surface area contributed by atoms with E-state index in [1.165, 1.54) is 0 Å². The van der Waals surface area contributed by atoms with Crippen LogP contribution < -0.4 is 0 Å². The third-order valence-corrected chi connectivity index (χ3v) is 4.83. The third kappa shape index (κ3) is 3.40. The van der Waals surface area contributed by atoms with Gasteiger partial charge in [0.15, 0.2) is 0 Å². The summed E-state index contributed by atoms with van der Waals surface area (Å²) in [4.78, 5) is 33.2. The van der Waals surface area contributed by atoms with Crippen molar-refractivity contribution in [2.24, 2.45) is 0 Å². The number of carbonyl (C=O) groups excluding carboxylic acids is 2. The summed E-state index contributed by atoms with van der Waals surface area (Å²) in [6.07, 6.45) is 3.11. The lowest BCUT2D eigenvalue weighted by atomic mass is 10.0. The van der Waals surface area contributed by atoms with Crippen molar-refractivity contribution in [3.05, 3.63) is 48.3 Å². The van der Waals surface area contributed by atoms with Gasteiger partial charge in [-0.3, -0.25) is 9.89 Å². The number of H-pyrrole nitrogens is 1. The molecule has 4 rings (SSSR count). The molecule has 0 radical (unpaired) electrons. The van der Waals surface area contributed by atoms with Gasteiger partial charge < -0.3 is 14.5 Å². The standard InChI is InChI=1S/C20H21N5O3/c1-2-28-20(27)25-9-7-24(8-10-25)19(26)16-11-18(14-12-21-22-13-14)23-17-6-4-3-5-15(16)17/h3-6,11-13H,2,7-10H2,1H3,(H,21,22). The van der Waals surface area contributed by atoms with Gasteiger partial charge in [0, 0.05) is 43.3 Å². The Morgan fingerprint density at radius 2 is 1.89 bits per heavy atom. The number of benzene rings is 1. The molecule has 1 aliphatic heterocycles. The Morgan fingerprint density at radius 3 is 2.61 bits per heavy atom. The maximum absolute atomic E-state index is 13.3. The van der Waals surface area contributed by atoms with Gasteiger partial charge in [0.1, 0.15) is 0 Å². The summed E-state index contributed by atoms with van der Waals surface area (Å²) < 4.78 is 5.04. The second kappa shape index (κ2) is 7.67. The summed E-state index contributed by atoms with van der Waals surface area (Å²) in [7, 11) is 0. The number of rotatable bonds is 3. The topological polar surface area (TPSA) is 91.4 Å². The van der Waals surface area contributed by atoms with Crippen LogP contribution in [0.25, 0.3) is 22.2 Å². The van der Waals surface area contributed by atoms with Crippen molar-refractivity contribution in [3.8, 4) is 11.3 Å². The van der Waals surface area contributed by atoms with Crippen LogP contribution in [0.2, 0.25) is 0 Å². The molecule has 0 spiro atoms. The summed E-state index contributed by atoms with van der Waals surface area (Å²) in [5.41, 5.74) is 2.88. The largest absolute Gasteiger partial charge is 0.450 e. The third-order valence-electron chi connectivity index (χ3n) is 4.83. The normalized spacial score (nSPS) is 14.3. The first kappa shape index (κ1) is 18.0. The lowest BCUT2D eigenvalue weighted by molar-refractivity contribution is 0.0572. The fourth-order valence-corrected chi connectivity index (χ4v) is 3.37. The lowest BCUT2D eigenvalue weighted by Crippen LogP contribution is -2.50. The van der Waals surface area contributed by atoms with Gasteiger partial charge in [-0.25, -0.2) is 9.78 Å². The Labute approximate surface area is 162 Å². The molecule has 8 nitrogen and oxygen atoms in total. The molecule has 0 bridgehead atoms. The number of ether oxygens (including phenoxy) is 1. The lowest BCUT2D eigenvalue weighted by Gasteiger charge is -2.34. The molecule has 1 N–H and O–H groups in total. The second-order valence-electron chi connectivity index (χ2n) is 6.54. The molecule has 0 aliphatic carbocycles. The average Bonchev–Trinajstić information content (AvgIpc) is 3.28. The molecule has 1 aromatic carbocycles. The van der Waals surface area contributed by atoms with Gasteiger partial charge >= 0.3 is 6.09 Å². The number of piperazine rings is 1. The molecular formula is C20H21N5O3. The van der Waals surface area contributed by atoms with Gasteiger partial charge in [0.2, 0.25) is 0 Å². The van der Waals surface area contributed by atoms with Crippen molar-refractivity contribution < 1.29 is 14.3 Å². The maximum Gasteiger partial charge on any atom is 0.409 e. The van der Waals surface area contributed by atoms with E-state index in [0.717, 1.165) is 16.5 Å². The fourth-order valence-electron chi connectivity index (χ4n) is 3.37. The van der Waals surface area contributed by atoms with Gasteiger partial charge in [-0.05, 0) is 19.1 Å². The Kier molecular flexibility index (Phi) is 4.92. The highest BCUT2D eigenvalue weighted by Crippen LogP contribution is 2.25. The molecule has 0 unspecified atom stereocenters. The van der Waals surface area contributed by atoms with E-state index in [2.05, 4.69) is 15.2 Å². The Bertz CT molecular complexity index is 994. The Hall–Kier alpha value is -3.42. The van der Waals surface area contributed by atoms with Crippen LogP contribution in [0.5, 0.6) is 0 Å². The average molecular weight is 379 g/mol. The number of nitrogens with one attached hydrogen (secondary N) is 1. The summed E-state index contributed by atoms with van der Waals surface area (Å²) in [5, 5.41) is 7.57. The molecule has 3 aromatic rings. The number of para-hydroxylation sites is 1. The highest BCUT2D eigenvalue weighted by molar-refractivity contribution is 6.07. The first-order valence-electron chi connectivity index (χ1n) is 9.27. The minimum absolute atomic E-state index is 0.0631. The first-order chi connectivity index (χ1) is 13.7. The van der Waals surface area contributed by atoms with E-state index in [0.29, 0.717) is 44.0 Å². The highest BCUT2D eigenvalue weighted by Gasteiger charge is 2.27. The minimum atomic E-state index is -0.328. The molecule has 1 saturated heterocycles. The van der Waals surface area contributed by atoms with Gasteiger partial charge in [-0.15, -0.1) is 0 Å². The van der Waals surface area contributed by atoms with Crippen LogP contribution >= 0.6 is 0 Å². The number of aromatic amines is 1. The zero-order chi connectivity index (χ0) is 19.5. The molecular weight excluding hydrogens is 358 g/mol. The van der Waals surface area contributed by atoms with Crippen molar-refractivity contribution in [1.29, 1.82) is 0 Å². The van der Waals surface area contributed by atoms with Crippen molar-refractivity contribution in [3.63, 3.8) is 0 Å². The predicted octanol–water partition coefficient (Wildman–Crippen LogP) is 2.54. The van der Waals surface area contributed by atoms with Gasteiger partial charge in [0.05, 0.1) is 29.6 Å². The zero-order valence-corrected chi connectivity index (χ0v) is 15.6. The number of pyridine rings is 1. The predicted molar refractivity (Wildman–Crippen MR) is 104 cm³/mol. The van der Waals surface area contributed by atoms with E-state index in [-0.39, 0.29) is 12.0 Å². The van der Waals surface area contributed by atoms with Gasteiger partial charge in [0.25, 0.3) is 5.91 Å². The van der Waals surface area contributed by atoms with Crippen LogP contribution in [0.15, 0.2) is 42.7 Å². The smallest absolute Gasteiger partial charge is 0.409 e. The molecule has 1 fully saturated rings. The second-order valence-corrected chi connectivity index (χ2v) is 6.54. The molecule has 28 heavy (non-hydrogen) atoms. The van der Waals surface area contributed by atoms with Crippen LogP contribution in [0, 0.1) is 0 Å². The Morgan fingerprint density at radius 1 is 1.14 bits per heavy atom. The van der Waals surface area contributed by atoms with Gasteiger partial charge in [-0.1, -0.05) is 18.2 Å². The first-order valence-corrected chi connectivity index (χ1v) is 9.27. The number of hydrogen-bond donors (Lipinski definition) is 1. The quantitative estimate of drug-likeness (QED) is 0.755. The fraction of sp³-hybridized carbons (Fsp3) is 0.300. The molecule has 8 heteroatoms. The molecule has 2 aromatic heterocycles. The molecule has 144 valence electrons. The van der Waals surface area contributed by atoms with Crippen LogP contribution in [0.4, 0.5) is 4.79 Å². The van der Waals surface area contributed by atoms with Crippen LogP contribution in [-0.4, -0.2) is 69.8 Å². The van der Waals surface area contributed by atoms with Gasteiger partial charge in [-0.2, -0.15) is 5.10 Å². The van der Waals surface area contributed by atoms with Crippen LogP contribution in [0.1, 0.15) is 17.3 Å². The van der Waals surface area contributed by atoms with Crippen LogP contribution in [-0.2, 0) is 4.74 Å². The zero-order valence-electron chi connectivity index (χ0n) is 15.6.